The first-order valence-electron chi connectivity index (χ1n) is 7.58. The average molecular weight is 292 g/mol. The van der Waals surface area contributed by atoms with Gasteiger partial charge in [-0.05, 0) is 49.4 Å². The van der Waals surface area contributed by atoms with E-state index in [1.807, 2.05) is 0 Å². The molecule has 1 saturated carbocycles. The van der Waals surface area contributed by atoms with Gasteiger partial charge >= 0.3 is 0 Å². The molecule has 1 aliphatic carbocycles. The second-order valence-corrected chi connectivity index (χ2v) is 6.07. The highest BCUT2D eigenvalue weighted by atomic mass is 19.1. The predicted octanol–water partition coefficient (Wildman–Crippen LogP) is 1.46. The van der Waals surface area contributed by atoms with Crippen molar-refractivity contribution in [3.8, 4) is 0 Å². The van der Waals surface area contributed by atoms with E-state index in [0.29, 0.717) is 12.6 Å². The van der Waals surface area contributed by atoms with Crippen LogP contribution >= 0.6 is 0 Å². The molecule has 0 aromatic heterocycles. The van der Waals surface area contributed by atoms with Crippen LogP contribution in [0, 0.1) is 11.7 Å². The summed E-state index contributed by atoms with van der Waals surface area (Å²) in [6.45, 7) is 1.64. The van der Waals surface area contributed by atoms with Gasteiger partial charge in [0, 0.05) is 19.2 Å². The molecule has 2 aliphatic rings. The summed E-state index contributed by atoms with van der Waals surface area (Å²) in [4.78, 5) is 14.6. The molecule has 1 saturated heterocycles. The zero-order valence-electron chi connectivity index (χ0n) is 12.0. The molecule has 114 valence electrons. The fourth-order valence-electron chi connectivity index (χ4n) is 2.93. The van der Waals surface area contributed by atoms with Crippen LogP contribution in [-0.2, 0) is 4.79 Å². The van der Waals surface area contributed by atoms with E-state index in [4.69, 9.17) is 0 Å². The van der Waals surface area contributed by atoms with E-state index in [1.54, 1.807) is 12.1 Å². The summed E-state index contributed by atoms with van der Waals surface area (Å²) in [5, 5.41) is 12.3. The molecule has 1 amide bonds. The fraction of sp³-hybridized carbons (Fsp3) is 0.562. The van der Waals surface area contributed by atoms with Gasteiger partial charge in [-0.15, -0.1) is 0 Å². The number of carbonyl (C=O) groups is 1. The lowest BCUT2D eigenvalue weighted by Crippen LogP contribution is -2.40. The third kappa shape index (κ3) is 3.41. The summed E-state index contributed by atoms with van der Waals surface area (Å²) >= 11 is 0. The van der Waals surface area contributed by atoms with Crippen molar-refractivity contribution in [2.24, 2.45) is 5.92 Å². The van der Waals surface area contributed by atoms with Crippen LogP contribution < -0.4 is 5.32 Å². The number of benzene rings is 1. The van der Waals surface area contributed by atoms with Crippen molar-refractivity contribution in [2.45, 2.75) is 31.3 Å². The Balaban J connectivity index is 1.79. The van der Waals surface area contributed by atoms with E-state index in [2.05, 4.69) is 10.2 Å². The first-order valence-corrected chi connectivity index (χ1v) is 7.58. The zero-order valence-corrected chi connectivity index (χ0v) is 12.0. The number of nitrogens with zero attached hydrogens (tertiary/aromatic N) is 1. The number of aliphatic hydroxyl groups is 1. The summed E-state index contributed by atoms with van der Waals surface area (Å²) < 4.78 is 13.1. The van der Waals surface area contributed by atoms with Crippen molar-refractivity contribution in [1.29, 1.82) is 0 Å². The van der Waals surface area contributed by atoms with E-state index < -0.39 is 0 Å². The number of aliphatic hydroxyl groups excluding tert-OH is 1. The van der Waals surface area contributed by atoms with Crippen molar-refractivity contribution < 1.29 is 14.3 Å². The van der Waals surface area contributed by atoms with Crippen LogP contribution in [0.3, 0.4) is 0 Å². The Kier molecular flexibility index (Phi) is 4.22. The topological polar surface area (TPSA) is 52.6 Å². The first-order chi connectivity index (χ1) is 10.2. The molecule has 0 bridgehead atoms. The maximum atomic E-state index is 13.1. The highest BCUT2D eigenvalue weighted by Gasteiger charge is 2.35. The number of likely N-dealkylation sites (tertiary alicyclic amines) is 1. The summed E-state index contributed by atoms with van der Waals surface area (Å²) in [5.41, 5.74) is 0.813. The Bertz CT molecular complexity index is 502. The summed E-state index contributed by atoms with van der Waals surface area (Å²) in [5.74, 6) is -0.0841. The second kappa shape index (κ2) is 6.12. The van der Waals surface area contributed by atoms with Crippen LogP contribution in [0.1, 0.15) is 30.9 Å². The molecule has 2 fully saturated rings. The monoisotopic (exact) mass is 292 g/mol. The molecule has 1 aromatic rings. The number of carbonyl (C=O) groups excluding carboxylic acids is 1. The Hall–Kier alpha value is -1.46. The lowest BCUT2D eigenvalue weighted by atomic mass is 10.0. The predicted molar refractivity (Wildman–Crippen MR) is 77.1 cm³/mol. The quantitative estimate of drug-likeness (QED) is 0.864. The molecule has 1 aliphatic heterocycles. The molecular formula is C16H21FN2O2. The van der Waals surface area contributed by atoms with Crippen LogP contribution in [-0.4, -0.2) is 41.7 Å². The molecule has 3 rings (SSSR count). The van der Waals surface area contributed by atoms with Gasteiger partial charge in [-0.3, -0.25) is 9.69 Å². The van der Waals surface area contributed by atoms with E-state index in [1.165, 1.54) is 12.1 Å². The third-order valence-electron chi connectivity index (χ3n) is 4.30. The van der Waals surface area contributed by atoms with Crippen LogP contribution in [0.2, 0.25) is 0 Å². The highest BCUT2D eigenvalue weighted by molar-refractivity contribution is 5.83. The number of halogens is 1. The normalized spacial score (nSPS) is 24.0. The van der Waals surface area contributed by atoms with Gasteiger partial charge in [-0.2, -0.15) is 0 Å². The molecule has 5 heteroatoms. The summed E-state index contributed by atoms with van der Waals surface area (Å²) in [6, 6.07) is 6.07. The van der Waals surface area contributed by atoms with Gasteiger partial charge < -0.3 is 10.4 Å². The minimum atomic E-state index is -0.386. The van der Waals surface area contributed by atoms with Gasteiger partial charge in [0.05, 0.1) is 0 Å². The molecule has 2 N–H and O–H groups in total. The molecule has 1 aromatic carbocycles. The van der Waals surface area contributed by atoms with Gasteiger partial charge in [-0.25, -0.2) is 4.39 Å². The highest BCUT2D eigenvalue weighted by Crippen LogP contribution is 2.29. The fourth-order valence-corrected chi connectivity index (χ4v) is 2.93. The maximum absolute atomic E-state index is 13.1. The van der Waals surface area contributed by atoms with Gasteiger partial charge in [0.1, 0.15) is 11.9 Å². The Morgan fingerprint density at radius 1 is 1.33 bits per heavy atom. The van der Waals surface area contributed by atoms with Crippen molar-refractivity contribution >= 4 is 5.91 Å². The Morgan fingerprint density at radius 3 is 2.62 bits per heavy atom. The second-order valence-electron chi connectivity index (χ2n) is 6.07. The first kappa shape index (κ1) is 14.5. The number of hydrogen-bond donors (Lipinski definition) is 2. The van der Waals surface area contributed by atoms with Gasteiger partial charge in [0.25, 0.3) is 0 Å². The molecule has 1 heterocycles. The molecule has 0 radical (unpaired) electrons. The SMILES string of the molecule is O=C(NC1CC1)C(c1ccc(F)cc1)N1CCC(CO)C1. The standard InChI is InChI=1S/C16H21FN2O2/c17-13-3-1-12(2-4-13)15(16(21)18-14-5-6-14)19-8-7-11(9-19)10-20/h1-4,11,14-15,20H,5-10H2,(H,18,21). The van der Waals surface area contributed by atoms with Crippen LogP contribution in [0.15, 0.2) is 24.3 Å². The van der Waals surface area contributed by atoms with E-state index in [0.717, 1.165) is 31.4 Å². The van der Waals surface area contributed by atoms with Crippen molar-refractivity contribution in [3.63, 3.8) is 0 Å². The summed E-state index contributed by atoms with van der Waals surface area (Å²) in [6.07, 6.45) is 2.98. The van der Waals surface area contributed by atoms with E-state index in [-0.39, 0.29) is 30.3 Å². The smallest absolute Gasteiger partial charge is 0.242 e. The lowest BCUT2D eigenvalue weighted by Gasteiger charge is -2.27. The molecule has 2 atom stereocenters. The number of nitrogens with one attached hydrogen (secondary N) is 1. The van der Waals surface area contributed by atoms with Gasteiger partial charge in [0.15, 0.2) is 0 Å². The minimum absolute atomic E-state index is 0.0114. The lowest BCUT2D eigenvalue weighted by molar-refractivity contribution is -0.126. The van der Waals surface area contributed by atoms with Crippen molar-refractivity contribution in [2.75, 3.05) is 19.7 Å². The third-order valence-corrected chi connectivity index (χ3v) is 4.30. The molecule has 21 heavy (non-hydrogen) atoms. The average Bonchev–Trinajstić information content (AvgIpc) is 3.16. The van der Waals surface area contributed by atoms with Crippen molar-refractivity contribution in [3.05, 3.63) is 35.6 Å². The molecular weight excluding hydrogens is 271 g/mol. The molecule has 2 unspecified atom stereocenters. The number of hydrogen-bond acceptors (Lipinski definition) is 3. The Morgan fingerprint density at radius 2 is 2.05 bits per heavy atom. The van der Waals surface area contributed by atoms with Crippen LogP contribution in [0.5, 0.6) is 0 Å². The molecule has 4 nitrogen and oxygen atoms in total. The molecule has 0 spiro atoms. The van der Waals surface area contributed by atoms with E-state index in [9.17, 15) is 14.3 Å². The minimum Gasteiger partial charge on any atom is -0.396 e. The van der Waals surface area contributed by atoms with Gasteiger partial charge in [-0.1, -0.05) is 12.1 Å². The maximum Gasteiger partial charge on any atom is 0.242 e. The van der Waals surface area contributed by atoms with Crippen LogP contribution in [0.25, 0.3) is 0 Å². The largest absolute Gasteiger partial charge is 0.396 e. The van der Waals surface area contributed by atoms with Gasteiger partial charge in [0.2, 0.25) is 5.91 Å². The zero-order chi connectivity index (χ0) is 14.8. The van der Waals surface area contributed by atoms with E-state index >= 15 is 0 Å². The summed E-state index contributed by atoms with van der Waals surface area (Å²) in [7, 11) is 0. The Labute approximate surface area is 124 Å². The van der Waals surface area contributed by atoms with Crippen LogP contribution in [0.4, 0.5) is 4.39 Å². The number of amides is 1. The number of rotatable bonds is 5. The van der Waals surface area contributed by atoms with Crippen molar-refractivity contribution in [1.82, 2.24) is 10.2 Å².